The van der Waals surface area contributed by atoms with E-state index in [1.54, 1.807) is 0 Å². The highest BCUT2D eigenvalue weighted by molar-refractivity contribution is 5.69. The topological polar surface area (TPSA) is 43.8 Å². The van der Waals surface area contributed by atoms with E-state index in [2.05, 4.69) is 42.2 Å². The second kappa shape index (κ2) is 7.41. The highest BCUT2D eigenvalue weighted by Gasteiger charge is 2.25. The Balaban J connectivity index is 1.97. The van der Waals surface area contributed by atoms with Crippen LogP contribution in [-0.4, -0.2) is 53.6 Å². The van der Waals surface area contributed by atoms with Crippen molar-refractivity contribution in [2.75, 3.05) is 32.7 Å². The number of carbonyl (C=O) groups is 1. The molecule has 1 aliphatic rings. The molecule has 20 heavy (non-hydrogen) atoms. The maximum atomic E-state index is 10.8. The van der Waals surface area contributed by atoms with E-state index in [0.717, 1.165) is 39.0 Å². The van der Waals surface area contributed by atoms with Gasteiger partial charge in [-0.1, -0.05) is 43.7 Å². The van der Waals surface area contributed by atoms with E-state index >= 15 is 0 Å². The number of carboxylic acids is 1. The largest absolute Gasteiger partial charge is 0.480 e. The van der Waals surface area contributed by atoms with Crippen LogP contribution in [0.4, 0.5) is 0 Å². The molecule has 1 aromatic rings. The second-order valence-corrected chi connectivity index (χ2v) is 5.42. The summed E-state index contributed by atoms with van der Waals surface area (Å²) in [4.78, 5) is 15.3. The van der Waals surface area contributed by atoms with Crippen LogP contribution in [0.2, 0.25) is 0 Å². The SMILES string of the molecule is CCCC(c1ccccc1)N1CCN(CC(=O)O)CC1. The minimum Gasteiger partial charge on any atom is -0.480 e. The van der Waals surface area contributed by atoms with Crippen LogP contribution >= 0.6 is 0 Å². The standard InChI is InChI=1S/C16H24N2O2/c1-2-6-15(14-7-4-3-5-8-14)18-11-9-17(10-12-18)13-16(19)20/h3-5,7-8,15H,2,6,9-13H2,1H3,(H,19,20). The van der Waals surface area contributed by atoms with Crippen molar-refractivity contribution in [2.45, 2.75) is 25.8 Å². The maximum Gasteiger partial charge on any atom is 0.317 e. The van der Waals surface area contributed by atoms with Gasteiger partial charge in [0.05, 0.1) is 6.54 Å². The van der Waals surface area contributed by atoms with Crippen LogP contribution in [-0.2, 0) is 4.79 Å². The quantitative estimate of drug-likeness (QED) is 0.865. The van der Waals surface area contributed by atoms with Crippen molar-refractivity contribution in [2.24, 2.45) is 0 Å². The molecule has 0 aliphatic carbocycles. The summed E-state index contributed by atoms with van der Waals surface area (Å²) in [5.74, 6) is -0.730. The van der Waals surface area contributed by atoms with Gasteiger partial charge in [0.25, 0.3) is 0 Å². The molecular weight excluding hydrogens is 252 g/mol. The lowest BCUT2D eigenvalue weighted by Gasteiger charge is -2.39. The minimum atomic E-state index is -0.730. The van der Waals surface area contributed by atoms with E-state index in [4.69, 9.17) is 5.11 Å². The third-order valence-electron chi connectivity index (χ3n) is 3.95. The van der Waals surface area contributed by atoms with Gasteiger partial charge < -0.3 is 5.11 Å². The van der Waals surface area contributed by atoms with Gasteiger partial charge in [-0.25, -0.2) is 0 Å². The first kappa shape index (κ1) is 15.0. The molecule has 0 spiro atoms. The van der Waals surface area contributed by atoms with Gasteiger partial charge in [0.2, 0.25) is 0 Å². The van der Waals surface area contributed by atoms with Crippen LogP contribution in [0.25, 0.3) is 0 Å². The van der Waals surface area contributed by atoms with Gasteiger partial charge in [0.1, 0.15) is 0 Å². The Bertz CT molecular complexity index is 414. The monoisotopic (exact) mass is 276 g/mol. The van der Waals surface area contributed by atoms with E-state index in [-0.39, 0.29) is 6.54 Å². The molecule has 1 unspecified atom stereocenters. The maximum absolute atomic E-state index is 10.8. The zero-order valence-corrected chi connectivity index (χ0v) is 12.2. The molecule has 1 saturated heterocycles. The van der Waals surface area contributed by atoms with E-state index in [1.807, 2.05) is 4.90 Å². The Hall–Kier alpha value is -1.39. The van der Waals surface area contributed by atoms with Crippen molar-refractivity contribution in [3.8, 4) is 0 Å². The Kier molecular flexibility index (Phi) is 5.56. The lowest BCUT2D eigenvalue weighted by atomic mass is 10.00. The van der Waals surface area contributed by atoms with Crippen LogP contribution in [0.15, 0.2) is 30.3 Å². The lowest BCUT2D eigenvalue weighted by Crippen LogP contribution is -2.48. The molecule has 1 aliphatic heterocycles. The van der Waals surface area contributed by atoms with Gasteiger partial charge in [0, 0.05) is 32.2 Å². The number of hydrogen-bond donors (Lipinski definition) is 1. The third-order valence-corrected chi connectivity index (χ3v) is 3.95. The zero-order chi connectivity index (χ0) is 14.4. The average molecular weight is 276 g/mol. The lowest BCUT2D eigenvalue weighted by molar-refractivity contribution is -0.138. The first-order chi connectivity index (χ1) is 9.70. The van der Waals surface area contributed by atoms with Crippen molar-refractivity contribution in [3.63, 3.8) is 0 Å². The molecule has 110 valence electrons. The van der Waals surface area contributed by atoms with Gasteiger partial charge in [-0.05, 0) is 12.0 Å². The Morgan fingerprint density at radius 1 is 1.20 bits per heavy atom. The van der Waals surface area contributed by atoms with Crippen molar-refractivity contribution in [1.29, 1.82) is 0 Å². The molecule has 1 N–H and O–H groups in total. The fourth-order valence-corrected chi connectivity index (χ4v) is 2.93. The van der Waals surface area contributed by atoms with Crippen LogP contribution < -0.4 is 0 Å². The van der Waals surface area contributed by atoms with Crippen LogP contribution in [0, 0.1) is 0 Å². The number of hydrogen-bond acceptors (Lipinski definition) is 3. The predicted octanol–water partition coefficient (Wildman–Crippen LogP) is 2.23. The minimum absolute atomic E-state index is 0.164. The molecular formula is C16H24N2O2. The Morgan fingerprint density at radius 2 is 1.85 bits per heavy atom. The highest BCUT2D eigenvalue weighted by atomic mass is 16.4. The summed E-state index contributed by atoms with van der Waals surface area (Å²) in [6.07, 6.45) is 2.32. The third kappa shape index (κ3) is 4.05. The van der Waals surface area contributed by atoms with Crippen molar-refractivity contribution in [1.82, 2.24) is 9.80 Å². The molecule has 0 bridgehead atoms. The number of aliphatic carboxylic acids is 1. The molecule has 2 rings (SSSR count). The van der Waals surface area contributed by atoms with Crippen LogP contribution in [0.3, 0.4) is 0 Å². The first-order valence-electron chi connectivity index (χ1n) is 7.44. The van der Waals surface area contributed by atoms with E-state index in [9.17, 15) is 4.79 Å². The van der Waals surface area contributed by atoms with E-state index < -0.39 is 5.97 Å². The second-order valence-electron chi connectivity index (χ2n) is 5.42. The fraction of sp³-hybridized carbons (Fsp3) is 0.562. The van der Waals surface area contributed by atoms with E-state index in [0.29, 0.717) is 6.04 Å². The van der Waals surface area contributed by atoms with Gasteiger partial charge in [0.15, 0.2) is 0 Å². The molecule has 0 amide bonds. The predicted molar refractivity (Wildman–Crippen MR) is 79.7 cm³/mol. The number of piperazine rings is 1. The number of carboxylic acid groups (broad SMARTS) is 1. The van der Waals surface area contributed by atoms with Gasteiger partial charge in [-0.15, -0.1) is 0 Å². The summed E-state index contributed by atoms with van der Waals surface area (Å²) in [6.45, 7) is 5.98. The molecule has 1 fully saturated rings. The van der Waals surface area contributed by atoms with Crippen molar-refractivity contribution in [3.05, 3.63) is 35.9 Å². The van der Waals surface area contributed by atoms with Gasteiger partial charge in [-0.2, -0.15) is 0 Å². The number of nitrogens with zero attached hydrogens (tertiary/aromatic N) is 2. The normalized spacial score (nSPS) is 18.9. The van der Waals surface area contributed by atoms with Crippen LogP contribution in [0.5, 0.6) is 0 Å². The molecule has 1 heterocycles. The number of benzene rings is 1. The molecule has 4 nitrogen and oxygen atoms in total. The van der Waals surface area contributed by atoms with Gasteiger partial charge in [-0.3, -0.25) is 14.6 Å². The summed E-state index contributed by atoms with van der Waals surface area (Å²) >= 11 is 0. The average Bonchev–Trinajstić information content (AvgIpc) is 2.46. The summed E-state index contributed by atoms with van der Waals surface area (Å²) in [7, 11) is 0. The van der Waals surface area contributed by atoms with Crippen molar-refractivity contribution >= 4 is 5.97 Å². The summed E-state index contributed by atoms with van der Waals surface area (Å²) < 4.78 is 0. The summed E-state index contributed by atoms with van der Waals surface area (Å²) in [6, 6.07) is 11.1. The molecule has 0 radical (unpaired) electrons. The van der Waals surface area contributed by atoms with E-state index in [1.165, 1.54) is 5.56 Å². The van der Waals surface area contributed by atoms with Crippen molar-refractivity contribution < 1.29 is 9.90 Å². The molecule has 1 aromatic carbocycles. The summed E-state index contributed by atoms with van der Waals surface area (Å²) in [5.41, 5.74) is 1.38. The fourth-order valence-electron chi connectivity index (χ4n) is 2.93. The first-order valence-corrected chi connectivity index (χ1v) is 7.44. The molecule has 1 atom stereocenters. The smallest absolute Gasteiger partial charge is 0.317 e. The Labute approximate surface area is 121 Å². The molecule has 0 saturated carbocycles. The molecule has 0 aromatic heterocycles. The zero-order valence-electron chi connectivity index (χ0n) is 12.2. The van der Waals surface area contributed by atoms with Gasteiger partial charge >= 0.3 is 5.97 Å². The Morgan fingerprint density at radius 3 is 2.40 bits per heavy atom. The van der Waals surface area contributed by atoms with Crippen LogP contribution in [0.1, 0.15) is 31.4 Å². The highest BCUT2D eigenvalue weighted by Crippen LogP contribution is 2.26. The number of rotatable bonds is 6. The molecule has 4 heteroatoms. The summed E-state index contributed by atoms with van der Waals surface area (Å²) in [5, 5.41) is 8.85.